The number of rotatable bonds is 1. The molecule has 0 saturated heterocycles. The summed E-state index contributed by atoms with van der Waals surface area (Å²) >= 11 is 0. The van der Waals surface area contributed by atoms with Crippen LogP contribution in [0.2, 0.25) is 0 Å². The Morgan fingerprint density at radius 1 is 1.44 bits per heavy atom. The Balaban J connectivity index is 4.14. The summed E-state index contributed by atoms with van der Waals surface area (Å²) in [6.45, 7) is 1.43. The molecule has 54 valence electrons. The van der Waals surface area contributed by atoms with Crippen molar-refractivity contribution in [3.8, 4) is 0 Å². The molecule has 0 radical (unpaired) electrons. The molecule has 0 bridgehead atoms. The zero-order chi connectivity index (χ0) is 7.49. The Hall–Kier alpha value is -0.540. The molecule has 0 aromatic heterocycles. The van der Waals surface area contributed by atoms with E-state index in [9.17, 15) is 13.2 Å². The van der Waals surface area contributed by atoms with Crippen molar-refractivity contribution < 1.29 is 13.2 Å². The van der Waals surface area contributed by atoms with Gasteiger partial charge < -0.3 is 0 Å². The molecule has 0 atom stereocenters. The summed E-state index contributed by atoms with van der Waals surface area (Å²) in [6, 6.07) is 0. The van der Waals surface area contributed by atoms with E-state index in [2.05, 4.69) is 4.99 Å². The molecule has 9 heavy (non-hydrogen) atoms. The van der Waals surface area contributed by atoms with E-state index < -0.39 is 11.9 Å². The Bertz CT molecular complexity index is 114. The Kier molecular flexibility index (Phi) is 2.67. The summed E-state index contributed by atoms with van der Waals surface area (Å²) in [7, 11) is 1.15. The molecule has 0 unspecified atom stereocenters. The van der Waals surface area contributed by atoms with Crippen LogP contribution in [0.5, 0.6) is 0 Å². The molecule has 0 fully saturated rings. The van der Waals surface area contributed by atoms with Crippen molar-refractivity contribution in [2.75, 3.05) is 7.05 Å². The van der Waals surface area contributed by atoms with Gasteiger partial charge in [-0.1, -0.05) is 6.92 Å². The van der Waals surface area contributed by atoms with Crippen molar-refractivity contribution >= 4 is 5.71 Å². The van der Waals surface area contributed by atoms with Crippen LogP contribution in [-0.4, -0.2) is 18.9 Å². The summed E-state index contributed by atoms with van der Waals surface area (Å²) in [5.41, 5.74) is -0.706. The summed E-state index contributed by atoms with van der Waals surface area (Å²) in [5.74, 6) is 0. The molecule has 0 aromatic carbocycles. The van der Waals surface area contributed by atoms with Gasteiger partial charge in [0.2, 0.25) is 0 Å². The maximum Gasteiger partial charge on any atom is 0.429 e. The van der Waals surface area contributed by atoms with Crippen molar-refractivity contribution in [2.24, 2.45) is 4.99 Å². The highest BCUT2D eigenvalue weighted by atomic mass is 19.4. The SMILES string of the molecule is CCC(=NC)C(F)(F)F. The smallest absolute Gasteiger partial charge is 0.288 e. The molecular formula is C5H8F3N. The Morgan fingerprint density at radius 2 is 1.89 bits per heavy atom. The zero-order valence-electron chi connectivity index (χ0n) is 5.29. The first kappa shape index (κ1) is 8.46. The van der Waals surface area contributed by atoms with Gasteiger partial charge in [0, 0.05) is 7.05 Å². The minimum atomic E-state index is -4.23. The number of hydrogen-bond acceptors (Lipinski definition) is 1. The van der Waals surface area contributed by atoms with Gasteiger partial charge in [0.05, 0.1) is 0 Å². The van der Waals surface area contributed by atoms with Crippen LogP contribution >= 0.6 is 0 Å². The third-order valence-electron chi connectivity index (χ3n) is 0.932. The molecule has 0 saturated carbocycles. The first-order valence-corrected chi connectivity index (χ1v) is 2.55. The van der Waals surface area contributed by atoms with Gasteiger partial charge >= 0.3 is 6.18 Å². The number of hydrogen-bond donors (Lipinski definition) is 0. The molecule has 0 amide bonds. The molecule has 0 heterocycles. The van der Waals surface area contributed by atoms with E-state index in [-0.39, 0.29) is 6.42 Å². The van der Waals surface area contributed by atoms with Crippen LogP contribution in [-0.2, 0) is 0 Å². The molecular weight excluding hydrogens is 131 g/mol. The fourth-order valence-electron chi connectivity index (χ4n) is 0.485. The molecule has 0 aliphatic heterocycles. The van der Waals surface area contributed by atoms with Gasteiger partial charge in [0.15, 0.2) is 0 Å². The molecule has 1 nitrogen and oxygen atoms in total. The topological polar surface area (TPSA) is 12.4 Å². The third-order valence-corrected chi connectivity index (χ3v) is 0.932. The molecule has 0 aliphatic carbocycles. The lowest BCUT2D eigenvalue weighted by Gasteiger charge is -2.05. The van der Waals surface area contributed by atoms with Gasteiger partial charge in [-0.2, -0.15) is 13.2 Å². The summed E-state index contributed by atoms with van der Waals surface area (Å²) < 4.78 is 34.8. The van der Waals surface area contributed by atoms with Crippen molar-refractivity contribution in [1.29, 1.82) is 0 Å². The van der Waals surface area contributed by atoms with Crippen LogP contribution in [0.25, 0.3) is 0 Å². The second-order valence-electron chi connectivity index (χ2n) is 1.52. The summed E-state index contributed by atoms with van der Waals surface area (Å²) in [6.07, 6.45) is -4.29. The average molecular weight is 139 g/mol. The zero-order valence-corrected chi connectivity index (χ0v) is 5.29. The van der Waals surface area contributed by atoms with Crippen LogP contribution in [0.3, 0.4) is 0 Å². The highest BCUT2D eigenvalue weighted by Gasteiger charge is 2.33. The van der Waals surface area contributed by atoms with E-state index in [1.165, 1.54) is 6.92 Å². The summed E-state index contributed by atoms with van der Waals surface area (Å²) in [4.78, 5) is 3.07. The first-order chi connectivity index (χ1) is 4.02. The first-order valence-electron chi connectivity index (χ1n) is 2.55. The highest BCUT2D eigenvalue weighted by molar-refractivity contribution is 5.89. The monoisotopic (exact) mass is 139 g/mol. The van der Waals surface area contributed by atoms with Gasteiger partial charge in [-0.05, 0) is 6.42 Å². The highest BCUT2D eigenvalue weighted by Crippen LogP contribution is 2.18. The largest absolute Gasteiger partial charge is 0.429 e. The molecule has 0 rings (SSSR count). The molecule has 0 aliphatic rings. The van der Waals surface area contributed by atoms with Gasteiger partial charge in [0.25, 0.3) is 0 Å². The van der Waals surface area contributed by atoms with Crippen LogP contribution in [0.1, 0.15) is 13.3 Å². The van der Waals surface area contributed by atoms with Crippen molar-refractivity contribution in [1.82, 2.24) is 0 Å². The van der Waals surface area contributed by atoms with Crippen molar-refractivity contribution in [3.05, 3.63) is 0 Å². The lowest BCUT2D eigenvalue weighted by atomic mass is 10.3. The van der Waals surface area contributed by atoms with Gasteiger partial charge in [0.1, 0.15) is 5.71 Å². The standard InChI is InChI=1S/C5H8F3N/c1-3-4(9-2)5(6,7)8/h3H2,1-2H3. The van der Waals surface area contributed by atoms with Crippen molar-refractivity contribution in [3.63, 3.8) is 0 Å². The normalized spacial score (nSPS) is 14.1. The average Bonchev–Trinajstić information content (AvgIpc) is 1.65. The number of alkyl halides is 3. The second kappa shape index (κ2) is 2.85. The lowest BCUT2D eigenvalue weighted by Crippen LogP contribution is -2.21. The minimum absolute atomic E-state index is 0.0556. The molecule has 0 spiro atoms. The number of nitrogens with zero attached hydrogens (tertiary/aromatic N) is 1. The predicted octanol–water partition coefficient (Wildman–Crippen LogP) is 2.03. The van der Waals surface area contributed by atoms with Gasteiger partial charge in [-0.25, -0.2) is 0 Å². The van der Waals surface area contributed by atoms with E-state index in [4.69, 9.17) is 0 Å². The van der Waals surface area contributed by atoms with Gasteiger partial charge in [-0.15, -0.1) is 0 Å². The molecule has 0 aromatic rings. The van der Waals surface area contributed by atoms with E-state index in [0.29, 0.717) is 0 Å². The van der Waals surface area contributed by atoms with E-state index in [1.54, 1.807) is 0 Å². The Labute approximate surface area is 51.6 Å². The van der Waals surface area contributed by atoms with E-state index in [0.717, 1.165) is 7.05 Å². The predicted molar refractivity (Wildman–Crippen MR) is 29.7 cm³/mol. The lowest BCUT2D eigenvalue weighted by molar-refractivity contribution is -0.0603. The minimum Gasteiger partial charge on any atom is -0.288 e. The number of halogens is 3. The van der Waals surface area contributed by atoms with Gasteiger partial charge in [-0.3, -0.25) is 4.99 Å². The maximum absolute atomic E-state index is 11.6. The Morgan fingerprint density at radius 3 is 1.89 bits per heavy atom. The fraction of sp³-hybridized carbons (Fsp3) is 0.800. The second-order valence-corrected chi connectivity index (χ2v) is 1.52. The maximum atomic E-state index is 11.6. The van der Waals surface area contributed by atoms with Crippen LogP contribution in [0, 0.1) is 0 Å². The van der Waals surface area contributed by atoms with Crippen LogP contribution in [0.4, 0.5) is 13.2 Å². The molecule has 4 heteroatoms. The van der Waals surface area contributed by atoms with E-state index in [1.807, 2.05) is 0 Å². The summed E-state index contributed by atoms with van der Waals surface area (Å²) in [5, 5.41) is 0. The van der Waals surface area contributed by atoms with E-state index >= 15 is 0 Å². The fourth-order valence-corrected chi connectivity index (χ4v) is 0.485. The quantitative estimate of drug-likeness (QED) is 0.493. The van der Waals surface area contributed by atoms with Crippen LogP contribution < -0.4 is 0 Å². The number of aliphatic imine (C=N–C) groups is 1. The molecule has 0 N–H and O–H groups in total. The third kappa shape index (κ3) is 2.49. The van der Waals surface area contributed by atoms with Crippen LogP contribution in [0.15, 0.2) is 4.99 Å². The van der Waals surface area contributed by atoms with Crippen molar-refractivity contribution in [2.45, 2.75) is 19.5 Å².